The van der Waals surface area contributed by atoms with Crippen molar-refractivity contribution in [3.8, 4) is 0 Å². The van der Waals surface area contributed by atoms with Crippen LogP contribution in [0.5, 0.6) is 0 Å². The maximum Gasteiger partial charge on any atom is 0.227 e. The molecule has 1 unspecified atom stereocenters. The number of amides is 1. The maximum atomic E-state index is 11.8. The molecule has 3 nitrogen and oxygen atoms in total. The summed E-state index contributed by atoms with van der Waals surface area (Å²) in [5.74, 6) is -0.0242. The molecule has 1 rings (SSSR count). The third-order valence-corrected chi connectivity index (χ3v) is 2.80. The number of aliphatic hydroxyl groups excluding tert-OH is 1. The van der Waals surface area contributed by atoms with Crippen LogP contribution in [-0.4, -0.2) is 35.6 Å². The summed E-state index contributed by atoms with van der Waals surface area (Å²) in [7, 11) is 1.69. The molecule has 1 atom stereocenters. The number of benzene rings is 1. The number of carbonyl (C=O) groups is 1. The van der Waals surface area contributed by atoms with Gasteiger partial charge in [0.1, 0.15) is 0 Å². The van der Waals surface area contributed by atoms with Crippen LogP contribution in [0.15, 0.2) is 24.3 Å². The van der Waals surface area contributed by atoms with E-state index >= 15 is 0 Å². The number of aliphatic hydroxyl groups is 1. The van der Waals surface area contributed by atoms with E-state index in [1.807, 2.05) is 12.1 Å². The SMILES string of the molecule is CC(CO)N(C)C(=O)Cc1cccc(Cl)c1. The van der Waals surface area contributed by atoms with Crippen molar-refractivity contribution < 1.29 is 9.90 Å². The molecule has 1 aromatic rings. The summed E-state index contributed by atoms with van der Waals surface area (Å²) in [6, 6.07) is 7.07. The smallest absolute Gasteiger partial charge is 0.227 e. The zero-order chi connectivity index (χ0) is 12.1. The number of carbonyl (C=O) groups excluding carboxylic acids is 1. The average Bonchev–Trinajstić information content (AvgIpc) is 2.27. The Morgan fingerprint density at radius 2 is 2.25 bits per heavy atom. The Hall–Kier alpha value is -1.06. The van der Waals surface area contributed by atoms with E-state index in [2.05, 4.69) is 0 Å². The van der Waals surface area contributed by atoms with Gasteiger partial charge < -0.3 is 10.0 Å². The van der Waals surface area contributed by atoms with Crippen LogP contribution in [-0.2, 0) is 11.2 Å². The minimum absolute atomic E-state index is 0.0242. The van der Waals surface area contributed by atoms with Gasteiger partial charge in [0.2, 0.25) is 5.91 Å². The van der Waals surface area contributed by atoms with Crippen molar-refractivity contribution in [3.05, 3.63) is 34.9 Å². The molecule has 0 aromatic heterocycles. The summed E-state index contributed by atoms with van der Waals surface area (Å²) in [6.45, 7) is 1.77. The topological polar surface area (TPSA) is 40.5 Å². The van der Waals surface area contributed by atoms with Crippen molar-refractivity contribution >= 4 is 17.5 Å². The third-order valence-electron chi connectivity index (χ3n) is 2.56. The van der Waals surface area contributed by atoms with Crippen LogP contribution in [0.25, 0.3) is 0 Å². The van der Waals surface area contributed by atoms with Gasteiger partial charge in [-0.2, -0.15) is 0 Å². The fourth-order valence-electron chi connectivity index (χ4n) is 1.31. The standard InChI is InChI=1S/C12H16ClNO2/c1-9(8-15)14(2)12(16)7-10-4-3-5-11(13)6-10/h3-6,9,15H,7-8H2,1-2H3. The Morgan fingerprint density at radius 1 is 1.56 bits per heavy atom. The van der Waals surface area contributed by atoms with Crippen molar-refractivity contribution in [2.24, 2.45) is 0 Å². The van der Waals surface area contributed by atoms with E-state index in [1.54, 1.807) is 31.0 Å². The fraction of sp³-hybridized carbons (Fsp3) is 0.417. The zero-order valence-corrected chi connectivity index (χ0v) is 10.2. The number of hydrogen-bond donors (Lipinski definition) is 1. The number of halogens is 1. The van der Waals surface area contributed by atoms with Gasteiger partial charge in [-0.15, -0.1) is 0 Å². The van der Waals surface area contributed by atoms with Crippen molar-refractivity contribution in [1.29, 1.82) is 0 Å². The van der Waals surface area contributed by atoms with E-state index in [0.29, 0.717) is 11.4 Å². The first-order valence-electron chi connectivity index (χ1n) is 5.15. The summed E-state index contributed by atoms with van der Waals surface area (Å²) in [6.07, 6.45) is 0.307. The predicted octanol–water partition coefficient (Wildman–Crippen LogP) is 1.72. The van der Waals surface area contributed by atoms with E-state index < -0.39 is 0 Å². The van der Waals surface area contributed by atoms with Crippen LogP contribution in [0, 0.1) is 0 Å². The van der Waals surface area contributed by atoms with E-state index in [1.165, 1.54) is 0 Å². The quantitative estimate of drug-likeness (QED) is 0.872. The number of hydrogen-bond acceptors (Lipinski definition) is 2. The Labute approximate surface area is 101 Å². The normalized spacial score (nSPS) is 12.2. The summed E-state index contributed by atoms with van der Waals surface area (Å²) >= 11 is 5.83. The lowest BCUT2D eigenvalue weighted by Crippen LogP contribution is -2.38. The highest BCUT2D eigenvalue weighted by atomic mass is 35.5. The highest BCUT2D eigenvalue weighted by molar-refractivity contribution is 6.30. The lowest BCUT2D eigenvalue weighted by atomic mass is 10.1. The predicted molar refractivity (Wildman–Crippen MR) is 64.5 cm³/mol. The van der Waals surface area contributed by atoms with Crippen LogP contribution < -0.4 is 0 Å². The van der Waals surface area contributed by atoms with Crippen LogP contribution in [0.2, 0.25) is 5.02 Å². The summed E-state index contributed by atoms with van der Waals surface area (Å²) in [4.78, 5) is 13.3. The Morgan fingerprint density at radius 3 is 2.81 bits per heavy atom. The molecular weight excluding hydrogens is 226 g/mol. The molecule has 0 aliphatic rings. The monoisotopic (exact) mass is 241 g/mol. The minimum atomic E-state index is -0.160. The van der Waals surface area contributed by atoms with E-state index in [9.17, 15) is 4.79 Å². The summed E-state index contributed by atoms with van der Waals surface area (Å²) in [5, 5.41) is 9.58. The second-order valence-corrected chi connectivity index (χ2v) is 4.28. The molecule has 0 aliphatic carbocycles. The van der Waals surface area contributed by atoms with Gasteiger partial charge in [0.25, 0.3) is 0 Å². The van der Waals surface area contributed by atoms with Gasteiger partial charge in [-0.3, -0.25) is 4.79 Å². The lowest BCUT2D eigenvalue weighted by Gasteiger charge is -2.23. The van der Waals surface area contributed by atoms with Gasteiger partial charge in [0.15, 0.2) is 0 Å². The molecule has 1 N–H and O–H groups in total. The van der Waals surface area contributed by atoms with Crippen molar-refractivity contribution in [2.45, 2.75) is 19.4 Å². The highest BCUT2D eigenvalue weighted by Gasteiger charge is 2.14. The summed E-state index contributed by atoms with van der Waals surface area (Å²) < 4.78 is 0. The number of nitrogens with zero attached hydrogens (tertiary/aromatic N) is 1. The van der Waals surface area contributed by atoms with E-state index in [-0.39, 0.29) is 18.6 Å². The Kier molecular flexibility index (Phi) is 4.77. The molecular formula is C12H16ClNO2. The first-order chi connectivity index (χ1) is 7.54. The molecule has 0 heterocycles. The van der Waals surface area contributed by atoms with Gasteiger partial charge >= 0.3 is 0 Å². The Bertz CT molecular complexity index is 368. The molecule has 0 aliphatic heterocycles. The largest absolute Gasteiger partial charge is 0.394 e. The van der Waals surface area contributed by atoms with E-state index in [0.717, 1.165) is 5.56 Å². The molecule has 88 valence electrons. The molecule has 0 spiro atoms. The molecule has 0 bridgehead atoms. The molecule has 4 heteroatoms. The molecule has 1 amide bonds. The second-order valence-electron chi connectivity index (χ2n) is 3.84. The molecule has 0 saturated carbocycles. The minimum Gasteiger partial charge on any atom is -0.394 e. The number of rotatable bonds is 4. The third kappa shape index (κ3) is 3.51. The van der Waals surface area contributed by atoms with Gasteiger partial charge in [-0.25, -0.2) is 0 Å². The first-order valence-corrected chi connectivity index (χ1v) is 5.53. The lowest BCUT2D eigenvalue weighted by molar-refractivity contribution is -0.131. The molecule has 1 aromatic carbocycles. The van der Waals surface area contributed by atoms with Gasteiger partial charge in [0, 0.05) is 12.1 Å². The van der Waals surface area contributed by atoms with Gasteiger partial charge in [0.05, 0.1) is 19.1 Å². The van der Waals surface area contributed by atoms with Gasteiger partial charge in [-0.1, -0.05) is 23.7 Å². The Balaban J connectivity index is 2.64. The van der Waals surface area contributed by atoms with E-state index in [4.69, 9.17) is 16.7 Å². The second kappa shape index (κ2) is 5.87. The average molecular weight is 242 g/mol. The van der Waals surface area contributed by atoms with Crippen LogP contribution >= 0.6 is 11.6 Å². The van der Waals surface area contributed by atoms with Crippen LogP contribution in [0.4, 0.5) is 0 Å². The molecule has 0 fully saturated rings. The number of likely N-dealkylation sites (N-methyl/N-ethyl adjacent to an activating group) is 1. The van der Waals surface area contributed by atoms with Crippen LogP contribution in [0.3, 0.4) is 0 Å². The highest BCUT2D eigenvalue weighted by Crippen LogP contribution is 2.12. The van der Waals surface area contributed by atoms with Gasteiger partial charge in [-0.05, 0) is 24.6 Å². The molecule has 16 heavy (non-hydrogen) atoms. The maximum absolute atomic E-state index is 11.8. The molecule has 0 saturated heterocycles. The van der Waals surface area contributed by atoms with Crippen LogP contribution in [0.1, 0.15) is 12.5 Å². The summed E-state index contributed by atoms with van der Waals surface area (Å²) in [5.41, 5.74) is 0.884. The van der Waals surface area contributed by atoms with Crippen molar-refractivity contribution in [2.75, 3.05) is 13.7 Å². The van der Waals surface area contributed by atoms with Crippen molar-refractivity contribution in [1.82, 2.24) is 4.90 Å². The fourth-order valence-corrected chi connectivity index (χ4v) is 1.53. The zero-order valence-electron chi connectivity index (χ0n) is 9.48. The van der Waals surface area contributed by atoms with Crippen molar-refractivity contribution in [3.63, 3.8) is 0 Å². The first kappa shape index (κ1) is 13.0. The molecule has 0 radical (unpaired) electrons.